The van der Waals surface area contributed by atoms with Crippen molar-refractivity contribution in [1.29, 1.82) is 0 Å². The number of rotatable bonds is 2. The number of hydrogen-bond acceptors (Lipinski definition) is 2. The minimum absolute atomic E-state index is 0.188. The predicted molar refractivity (Wildman–Crippen MR) is 30.9 cm³/mol. The summed E-state index contributed by atoms with van der Waals surface area (Å²) in [5.74, 6) is 1.28. The Kier molecular flexibility index (Phi) is 1.62. The van der Waals surface area contributed by atoms with E-state index in [1.54, 1.807) is 0 Å². The van der Waals surface area contributed by atoms with Gasteiger partial charge in [0.05, 0.1) is 6.04 Å². The highest BCUT2D eigenvalue weighted by atomic mass is 32.2. The molecule has 1 rings (SSSR count). The number of hydrogen-bond donors (Lipinski definition) is 1. The first-order valence-corrected chi connectivity index (χ1v) is 3.86. The maximum absolute atomic E-state index is 10.3. The lowest BCUT2D eigenvalue weighted by atomic mass is 10.4. The van der Waals surface area contributed by atoms with E-state index in [-0.39, 0.29) is 6.04 Å². The molecule has 3 nitrogen and oxygen atoms in total. The minimum atomic E-state index is -0.645. The van der Waals surface area contributed by atoms with E-state index < -0.39 is 10.8 Å². The van der Waals surface area contributed by atoms with Gasteiger partial charge in [-0.05, 0) is 0 Å². The molecule has 1 N–H and O–H groups in total. The van der Waals surface area contributed by atoms with E-state index >= 15 is 0 Å². The summed E-state index contributed by atoms with van der Waals surface area (Å²) < 4.78 is 10.3. The van der Waals surface area contributed by atoms with Crippen LogP contribution in [0.15, 0.2) is 0 Å². The van der Waals surface area contributed by atoms with E-state index in [4.69, 9.17) is 0 Å². The SMILES string of the molecule is O=CNC1CS(=O)C1. The average Bonchev–Trinajstić information content (AvgIpc) is 1.64. The van der Waals surface area contributed by atoms with Gasteiger partial charge >= 0.3 is 0 Å². The van der Waals surface area contributed by atoms with E-state index in [2.05, 4.69) is 5.32 Å². The summed E-state index contributed by atoms with van der Waals surface area (Å²) >= 11 is 0. The molecule has 1 aliphatic heterocycles. The van der Waals surface area contributed by atoms with Crippen LogP contribution in [0.2, 0.25) is 0 Å². The molecule has 1 heterocycles. The molecule has 0 unspecified atom stereocenters. The lowest BCUT2D eigenvalue weighted by Crippen LogP contribution is -2.47. The van der Waals surface area contributed by atoms with Crippen molar-refractivity contribution >= 4 is 17.2 Å². The highest BCUT2D eigenvalue weighted by molar-refractivity contribution is 7.86. The Balaban J connectivity index is 2.15. The smallest absolute Gasteiger partial charge is 0.207 e. The summed E-state index contributed by atoms with van der Waals surface area (Å²) in [6, 6.07) is 0.188. The van der Waals surface area contributed by atoms with Gasteiger partial charge in [0.1, 0.15) is 0 Å². The van der Waals surface area contributed by atoms with Gasteiger partial charge in [-0.1, -0.05) is 0 Å². The Morgan fingerprint density at radius 1 is 1.62 bits per heavy atom. The maximum Gasteiger partial charge on any atom is 0.207 e. The second kappa shape index (κ2) is 2.26. The zero-order chi connectivity index (χ0) is 5.98. The minimum Gasteiger partial charge on any atom is -0.354 e. The van der Waals surface area contributed by atoms with Crippen LogP contribution >= 0.6 is 0 Å². The lowest BCUT2D eigenvalue weighted by Gasteiger charge is -2.23. The Labute approximate surface area is 49.9 Å². The Morgan fingerprint density at radius 2 is 2.25 bits per heavy atom. The van der Waals surface area contributed by atoms with Gasteiger partial charge in [-0.3, -0.25) is 9.00 Å². The molecule has 0 aromatic rings. The second-order valence-electron chi connectivity index (χ2n) is 1.75. The zero-order valence-electron chi connectivity index (χ0n) is 4.29. The van der Waals surface area contributed by atoms with Gasteiger partial charge < -0.3 is 5.32 Å². The molecule has 1 fully saturated rings. The van der Waals surface area contributed by atoms with Gasteiger partial charge in [-0.25, -0.2) is 0 Å². The number of carbonyl (C=O) groups is 1. The van der Waals surface area contributed by atoms with Crippen molar-refractivity contribution in [3.8, 4) is 0 Å². The van der Waals surface area contributed by atoms with Gasteiger partial charge in [0.25, 0.3) is 0 Å². The maximum atomic E-state index is 10.3. The van der Waals surface area contributed by atoms with E-state index in [0.29, 0.717) is 17.9 Å². The van der Waals surface area contributed by atoms with E-state index in [0.717, 1.165) is 0 Å². The summed E-state index contributed by atoms with van der Waals surface area (Å²) in [7, 11) is -0.645. The number of carbonyl (C=O) groups excluding carboxylic acids is 1. The third-order valence-corrected chi connectivity index (χ3v) is 2.63. The molecular weight excluding hydrogens is 126 g/mol. The zero-order valence-corrected chi connectivity index (χ0v) is 5.11. The van der Waals surface area contributed by atoms with Gasteiger partial charge in [-0.15, -0.1) is 0 Å². The van der Waals surface area contributed by atoms with Crippen LogP contribution in [0.25, 0.3) is 0 Å². The van der Waals surface area contributed by atoms with Crippen LogP contribution in [0.3, 0.4) is 0 Å². The van der Waals surface area contributed by atoms with Crippen molar-refractivity contribution in [2.24, 2.45) is 0 Å². The molecule has 4 heteroatoms. The largest absolute Gasteiger partial charge is 0.354 e. The van der Waals surface area contributed by atoms with Gasteiger partial charge in [0.15, 0.2) is 0 Å². The predicted octanol–water partition coefficient (Wildman–Crippen LogP) is -1.14. The average molecular weight is 133 g/mol. The van der Waals surface area contributed by atoms with E-state index in [1.165, 1.54) is 0 Å². The lowest BCUT2D eigenvalue weighted by molar-refractivity contribution is -0.109. The first-order valence-electron chi connectivity index (χ1n) is 2.37. The van der Waals surface area contributed by atoms with Gasteiger partial charge in [0, 0.05) is 22.3 Å². The molecule has 0 atom stereocenters. The third-order valence-electron chi connectivity index (χ3n) is 1.08. The molecule has 0 bridgehead atoms. The van der Waals surface area contributed by atoms with Gasteiger partial charge in [0.2, 0.25) is 6.41 Å². The molecule has 8 heavy (non-hydrogen) atoms. The molecule has 1 amide bonds. The molecule has 0 spiro atoms. The van der Waals surface area contributed by atoms with E-state index in [1.807, 2.05) is 0 Å². The third kappa shape index (κ3) is 1.06. The van der Waals surface area contributed by atoms with Crippen LogP contribution in [0.1, 0.15) is 0 Å². The van der Waals surface area contributed by atoms with Crippen LogP contribution in [0.5, 0.6) is 0 Å². The molecule has 0 saturated carbocycles. The molecule has 0 aliphatic carbocycles. The fourth-order valence-corrected chi connectivity index (χ4v) is 1.58. The van der Waals surface area contributed by atoms with Gasteiger partial charge in [-0.2, -0.15) is 0 Å². The topological polar surface area (TPSA) is 46.2 Å². The summed E-state index contributed by atoms with van der Waals surface area (Å²) in [6.45, 7) is 0. The Hall–Kier alpha value is -0.380. The second-order valence-corrected chi connectivity index (χ2v) is 3.30. The first kappa shape index (κ1) is 5.75. The molecule has 0 radical (unpaired) electrons. The quantitative estimate of drug-likeness (QED) is 0.484. The van der Waals surface area contributed by atoms with Crippen molar-refractivity contribution in [1.82, 2.24) is 5.32 Å². The highest BCUT2D eigenvalue weighted by Gasteiger charge is 2.23. The van der Waals surface area contributed by atoms with Crippen LogP contribution in [0.4, 0.5) is 0 Å². The summed E-state index contributed by atoms with van der Waals surface area (Å²) in [6.07, 6.45) is 0.654. The molecule has 46 valence electrons. The van der Waals surface area contributed by atoms with Crippen LogP contribution < -0.4 is 5.32 Å². The standard InChI is InChI=1S/C4H7NO2S/c6-3-5-4-1-8(7)2-4/h3-4H,1-2H2,(H,5,6). The number of amides is 1. The normalized spacial score (nSPS) is 35.5. The van der Waals surface area contributed by atoms with Crippen molar-refractivity contribution in [2.75, 3.05) is 11.5 Å². The van der Waals surface area contributed by atoms with Crippen LogP contribution in [-0.4, -0.2) is 28.2 Å². The van der Waals surface area contributed by atoms with Crippen molar-refractivity contribution in [3.05, 3.63) is 0 Å². The van der Waals surface area contributed by atoms with Crippen molar-refractivity contribution in [3.63, 3.8) is 0 Å². The fourth-order valence-electron chi connectivity index (χ4n) is 0.592. The fraction of sp³-hybridized carbons (Fsp3) is 0.750. The molecule has 1 saturated heterocycles. The molecule has 0 aromatic heterocycles. The summed E-state index contributed by atoms with van der Waals surface area (Å²) in [5.41, 5.74) is 0. The van der Waals surface area contributed by atoms with Crippen molar-refractivity contribution in [2.45, 2.75) is 6.04 Å². The van der Waals surface area contributed by atoms with E-state index in [9.17, 15) is 9.00 Å². The first-order chi connectivity index (χ1) is 3.83. The Bertz CT molecular complexity index is 114. The van der Waals surface area contributed by atoms with Crippen LogP contribution in [0, 0.1) is 0 Å². The Morgan fingerprint density at radius 3 is 2.62 bits per heavy atom. The summed E-state index contributed by atoms with van der Waals surface area (Å²) in [4.78, 5) is 9.70. The summed E-state index contributed by atoms with van der Waals surface area (Å²) in [5, 5.41) is 2.54. The number of nitrogens with one attached hydrogen (secondary N) is 1. The molecule has 0 aromatic carbocycles. The highest BCUT2D eigenvalue weighted by Crippen LogP contribution is 2.02. The molecular formula is C4H7NO2S. The van der Waals surface area contributed by atoms with Crippen LogP contribution in [-0.2, 0) is 15.6 Å². The monoisotopic (exact) mass is 133 g/mol. The van der Waals surface area contributed by atoms with Crippen molar-refractivity contribution < 1.29 is 9.00 Å². The molecule has 1 aliphatic rings.